The van der Waals surface area contributed by atoms with Crippen molar-refractivity contribution in [2.24, 2.45) is 10.7 Å². The number of nitrogens with one attached hydrogen (secondary N) is 1. The van der Waals surface area contributed by atoms with E-state index in [2.05, 4.69) is 29.5 Å². The Balaban J connectivity index is 1.14. The van der Waals surface area contributed by atoms with Gasteiger partial charge in [-0.25, -0.2) is 4.99 Å². The van der Waals surface area contributed by atoms with Crippen molar-refractivity contribution < 1.29 is 23.4 Å². The number of halogens is 1. The van der Waals surface area contributed by atoms with Gasteiger partial charge in [0.15, 0.2) is 5.60 Å². The number of rotatable bonds is 28. The summed E-state index contributed by atoms with van der Waals surface area (Å²) >= 11 is 6.22. The minimum Gasteiger partial charge on any atom is -0.382 e. The molecule has 2 aliphatic heterocycles. The fraction of sp³-hybridized carbons (Fsp3) is 0.683. The zero-order valence-electron chi connectivity index (χ0n) is 32.3. The molecule has 0 saturated carbocycles. The lowest BCUT2D eigenvalue weighted by atomic mass is 10.0. The number of hydrogen-bond acceptors (Lipinski definition) is 10. The lowest BCUT2D eigenvalue weighted by Crippen LogP contribution is -2.34. The zero-order valence-corrected chi connectivity index (χ0v) is 33.9. The molecule has 4 N–H and O–H groups in total. The molecule has 2 aliphatic rings. The van der Waals surface area contributed by atoms with E-state index in [9.17, 15) is 15.4 Å². The lowest BCUT2D eigenvalue weighted by molar-refractivity contribution is -0.0397. The predicted molar refractivity (Wildman–Crippen MR) is 215 cm³/mol. The van der Waals surface area contributed by atoms with Crippen LogP contribution in [-0.2, 0) is 25.1 Å². The first-order valence-electron chi connectivity index (χ1n) is 20.3. The summed E-state index contributed by atoms with van der Waals surface area (Å²) in [6.45, 7) is 2.89. The van der Waals surface area contributed by atoms with Gasteiger partial charge >= 0.3 is 8.60 Å². The molecule has 0 spiro atoms. The smallest absolute Gasteiger partial charge is 0.330 e. The standard InChI is InChI=1S/C41H62ClN6O5P/c1-2-3-4-5-6-7-8-9-10-11-12-13-14-15-16-17-18-19-36(50-28-34-24-33(27-43)25-35(42)26-34)29-51-54(49)52-31-41(30-44)23-22-39(53-41)37-20-21-38-40(45)46-32-47-48(37)38/h20-21,24-26,36,39,47,49H,2-19,22-23,28-29,31-32H2,1H3,(H2,45,46). The number of unbranched alkanes of at least 4 members (excludes halogenated alkanes) is 16. The van der Waals surface area contributed by atoms with E-state index in [-0.39, 0.29) is 32.0 Å². The van der Waals surface area contributed by atoms with Crippen LogP contribution >= 0.6 is 20.2 Å². The maximum Gasteiger partial charge on any atom is 0.330 e. The quantitative estimate of drug-likeness (QED) is 0.0563. The van der Waals surface area contributed by atoms with Gasteiger partial charge in [0.1, 0.15) is 30.4 Å². The van der Waals surface area contributed by atoms with Crippen molar-refractivity contribution in [3.8, 4) is 12.1 Å². The minimum absolute atomic E-state index is 0.126. The third kappa shape index (κ3) is 15.1. The van der Waals surface area contributed by atoms with Gasteiger partial charge < -0.3 is 34.6 Å². The van der Waals surface area contributed by atoms with Crippen LogP contribution in [0.1, 0.15) is 164 Å². The average Bonchev–Trinajstić information content (AvgIpc) is 3.81. The summed E-state index contributed by atoms with van der Waals surface area (Å²) in [6.07, 6.45) is 23.4. The van der Waals surface area contributed by atoms with Gasteiger partial charge in [0.25, 0.3) is 0 Å². The molecule has 54 heavy (non-hydrogen) atoms. The first-order valence-corrected chi connectivity index (χ1v) is 21.8. The van der Waals surface area contributed by atoms with Crippen LogP contribution in [0.4, 0.5) is 0 Å². The second-order valence-corrected chi connectivity index (χ2v) is 16.2. The van der Waals surface area contributed by atoms with Crippen LogP contribution < -0.4 is 11.2 Å². The maximum atomic E-state index is 10.7. The van der Waals surface area contributed by atoms with Crippen molar-refractivity contribution >= 4 is 26.0 Å². The number of nitriles is 2. The SMILES string of the molecule is CCCCCCCCCCCCCCCCCCCC(COP(O)OCC1(C#N)CCC(c2ccc3n2NCN=C3N)O1)OCc1cc(Cl)cc(C#N)c1. The molecular weight excluding hydrogens is 723 g/mol. The van der Waals surface area contributed by atoms with Crippen molar-refractivity contribution in [3.05, 3.63) is 57.9 Å². The topological polar surface area (TPSA) is 160 Å². The number of aliphatic imine (C=N–C) groups is 1. The molecule has 0 aliphatic carbocycles. The fourth-order valence-electron chi connectivity index (χ4n) is 7.20. The Morgan fingerprint density at radius 3 is 2.26 bits per heavy atom. The Bertz CT molecular complexity index is 1510. The van der Waals surface area contributed by atoms with Gasteiger partial charge in [0.2, 0.25) is 0 Å². The van der Waals surface area contributed by atoms with E-state index in [1.54, 1.807) is 18.2 Å². The molecule has 0 amide bonds. The minimum atomic E-state index is -2.28. The largest absolute Gasteiger partial charge is 0.382 e. The third-order valence-electron chi connectivity index (χ3n) is 10.3. The predicted octanol–water partition coefficient (Wildman–Crippen LogP) is 10.2. The van der Waals surface area contributed by atoms with E-state index in [0.717, 1.165) is 36.2 Å². The Kier molecular flexibility index (Phi) is 20.1. The number of nitrogens with two attached hydrogens (primary N) is 1. The average molecular weight is 785 g/mol. The number of hydrogen-bond donors (Lipinski definition) is 3. The first kappa shape index (κ1) is 44.0. The number of aromatic nitrogens is 1. The molecule has 1 saturated heterocycles. The molecule has 0 radical (unpaired) electrons. The summed E-state index contributed by atoms with van der Waals surface area (Å²) in [6, 6.07) is 13.4. The second-order valence-electron chi connectivity index (χ2n) is 14.7. The molecule has 1 fully saturated rings. The van der Waals surface area contributed by atoms with Crippen LogP contribution in [0.5, 0.6) is 0 Å². The van der Waals surface area contributed by atoms with Crippen molar-refractivity contribution in [1.82, 2.24) is 4.68 Å². The van der Waals surface area contributed by atoms with Gasteiger partial charge in [-0.05, 0) is 55.2 Å². The van der Waals surface area contributed by atoms with Gasteiger partial charge in [-0.3, -0.25) is 4.68 Å². The second kappa shape index (κ2) is 24.7. The van der Waals surface area contributed by atoms with Crippen molar-refractivity contribution in [3.63, 3.8) is 0 Å². The maximum absolute atomic E-state index is 10.7. The van der Waals surface area contributed by atoms with E-state index < -0.39 is 14.2 Å². The summed E-state index contributed by atoms with van der Waals surface area (Å²) < 4.78 is 25.8. The first-order chi connectivity index (χ1) is 26.4. The summed E-state index contributed by atoms with van der Waals surface area (Å²) in [4.78, 5) is 14.9. The number of nitrogens with zero attached hydrogens (tertiary/aromatic N) is 4. The Labute approximate surface area is 329 Å². The fourth-order valence-corrected chi connectivity index (χ4v) is 8.15. The van der Waals surface area contributed by atoms with E-state index in [1.165, 1.54) is 96.3 Å². The highest BCUT2D eigenvalue weighted by molar-refractivity contribution is 7.40. The molecule has 4 rings (SSSR count). The number of benzene rings is 1. The Hall–Kier alpha value is -2.73. The van der Waals surface area contributed by atoms with Crippen molar-refractivity contribution in [2.75, 3.05) is 25.3 Å². The number of amidine groups is 1. The monoisotopic (exact) mass is 784 g/mol. The van der Waals surface area contributed by atoms with Crippen LogP contribution in [0.15, 0.2) is 35.3 Å². The third-order valence-corrected chi connectivity index (χ3v) is 11.3. The highest BCUT2D eigenvalue weighted by Crippen LogP contribution is 2.43. The van der Waals surface area contributed by atoms with Crippen LogP contribution in [0, 0.1) is 22.7 Å². The van der Waals surface area contributed by atoms with E-state index >= 15 is 0 Å². The van der Waals surface area contributed by atoms with Gasteiger partial charge in [-0.1, -0.05) is 128 Å². The van der Waals surface area contributed by atoms with Crippen molar-refractivity contribution in [1.29, 1.82) is 10.5 Å². The van der Waals surface area contributed by atoms with E-state index in [0.29, 0.717) is 35.9 Å². The molecule has 298 valence electrons. The molecule has 3 heterocycles. The molecule has 1 aromatic heterocycles. The zero-order chi connectivity index (χ0) is 38.4. The summed E-state index contributed by atoms with van der Waals surface area (Å²) in [7, 11) is -2.28. The van der Waals surface area contributed by atoms with E-state index in [1.807, 2.05) is 16.8 Å². The molecule has 13 heteroatoms. The Morgan fingerprint density at radius 2 is 1.63 bits per heavy atom. The molecule has 1 aromatic carbocycles. The van der Waals surface area contributed by atoms with Gasteiger partial charge in [-0.2, -0.15) is 10.5 Å². The summed E-state index contributed by atoms with van der Waals surface area (Å²) in [5, 5.41) is 19.9. The van der Waals surface area contributed by atoms with Gasteiger partial charge in [0.05, 0.1) is 43.3 Å². The molecule has 4 unspecified atom stereocenters. The molecule has 11 nitrogen and oxygen atoms in total. The Morgan fingerprint density at radius 1 is 0.981 bits per heavy atom. The number of fused-ring (bicyclic) bond motifs is 1. The lowest BCUT2D eigenvalue weighted by Gasteiger charge is -2.25. The van der Waals surface area contributed by atoms with Crippen LogP contribution in [0.2, 0.25) is 5.02 Å². The molecular formula is C41H62ClN6O5P. The highest BCUT2D eigenvalue weighted by atomic mass is 35.5. The van der Waals surface area contributed by atoms with Gasteiger partial charge in [-0.15, -0.1) is 0 Å². The van der Waals surface area contributed by atoms with E-state index in [4.69, 9.17) is 35.9 Å². The van der Waals surface area contributed by atoms with Crippen LogP contribution in [-0.4, -0.2) is 47.0 Å². The van der Waals surface area contributed by atoms with Crippen molar-refractivity contribution in [2.45, 2.75) is 160 Å². The summed E-state index contributed by atoms with van der Waals surface area (Å²) in [5.41, 5.74) is 10.9. The number of ether oxygens (including phenoxy) is 2. The van der Waals surface area contributed by atoms with Crippen LogP contribution in [0.3, 0.4) is 0 Å². The highest BCUT2D eigenvalue weighted by Gasteiger charge is 2.43. The van der Waals surface area contributed by atoms with Gasteiger partial charge in [0, 0.05) is 5.02 Å². The summed E-state index contributed by atoms with van der Waals surface area (Å²) in [5.74, 6) is 0.447. The molecule has 2 aromatic rings. The van der Waals surface area contributed by atoms with Crippen LogP contribution in [0.25, 0.3) is 0 Å². The molecule has 4 atom stereocenters. The normalized spacial score (nSPS) is 19.1. The molecule has 0 bridgehead atoms.